The van der Waals surface area contributed by atoms with Gasteiger partial charge < -0.3 is 5.32 Å². The van der Waals surface area contributed by atoms with Gasteiger partial charge in [0, 0.05) is 16.8 Å². The lowest BCUT2D eigenvalue weighted by Crippen LogP contribution is -2.11. The molecule has 0 atom stereocenters. The van der Waals surface area contributed by atoms with Crippen LogP contribution in [0.1, 0.15) is 27.6 Å². The van der Waals surface area contributed by atoms with Gasteiger partial charge in [-0.05, 0) is 49.4 Å². The summed E-state index contributed by atoms with van der Waals surface area (Å²) in [4.78, 5) is 27.6. The first kappa shape index (κ1) is 13.5. The number of thiazole rings is 1. The Morgan fingerprint density at radius 1 is 1.05 bits per heavy atom. The number of nitrogens with zero attached hydrogens (tertiary/aromatic N) is 1. The number of aromatic nitrogens is 1. The van der Waals surface area contributed by atoms with Crippen molar-refractivity contribution >= 4 is 38.9 Å². The van der Waals surface area contributed by atoms with Crippen molar-refractivity contribution in [3.63, 3.8) is 0 Å². The number of carbonyl (C=O) groups excluding carboxylic acids is 2. The second kappa shape index (κ2) is 5.46. The normalized spacial score (nSPS) is 10.5. The van der Waals surface area contributed by atoms with Crippen molar-refractivity contribution in [2.24, 2.45) is 0 Å². The number of Topliss-reactive ketones (excluding diaryl/α,β-unsaturated/α-hetero) is 1. The first-order chi connectivity index (χ1) is 10.1. The average molecular weight is 296 g/mol. The number of hydrogen-bond acceptors (Lipinski definition) is 4. The number of nitrogens with one attached hydrogen (secondary N) is 1. The van der Waals surface area contributed by atoms with Gasteiger partial charge in [0.05, 0.1) is 15.7 Å². The molecule has 5 heteroatoms. The van der Waals surface area contributed by atoms with Crippen LogP contribution in [0.4, 0.5) is 5.69 Å². The van der Waals surface area contributed by atoms with E-state index in [0.717, 1.165) is 10.2 Å². The van der Waals surface area contributed by atoms with Gasteiger partial charge in [0.25, 0.3) is 5.91 Å². The van der Waals surface area contributed by atoms with Gasteiger partial charge in [0.2, 0.25) is 0 Å². The summed E-state index contributed by atoms with van der Waals surface area (Å²) in [6.45, 7) is 1.51. The molecule has 3 rings (SSSR count). The predicted octanol–water partition coefficient (Wildman–Crippen LogP) is 3.75. The molecular formula is C16H12N2O2S. The van der Waals surface area contributed by atoms with E-state index < -0.39 is 0 Å². The molecule has 1 N–H and O–H groups in total. The average Bonchev–Trinajstić information content (AvgIpc) is 2.95. The highest BCUT2D eigenvalue weighted by atomic mass is 32.1. The Labute approximate surface area is 125 Å². The quantitative estimate of drug-likeness (QED) is 0.749. The number of amides is 1. The summed E-state index contributed by atoms with van der Waals surface area (Å²) in [7, 11) is 0. The summed E-state index contributed by atoms with van der Waals surface area (Å²) in [5.41, 5.74) is 4.52. The standard InChI is InChI=1S/C16H12N2O2S/c1-10(19)11-2-5-13(6-3-11)18-16(20)12-4-7-14-15(8-12)21-9-17-14/h2-9H,1H3,(H,18,20). The van der Waals surface area contributed by atoms with Crippen molar-refractivity contribution in [2.45, 2.75) is 6.92 Å². The van der Waals surface area contributed by atoms with Gasteiger partial charge in [0.1, 0.15) is 0 Å². The van der Waals surface area contributed by atoms with E-state index in [1.54, 1.807) is 35.8 Å². The SMILES string of the molecule is CC(=O)c1ccc(NC(=O)c2ccc3ncsc3c2)cc1. The molecule has 3 aromatic rings. The van der Waals surface area contributed by atoms with Crippen LogP contribution in [0.2, 0.25) is 0 Å². The van der Waals surface area contributed by atoms with Crippen LogP contribution >= 0.6 is 11.3 Å². The Balaban J connectivity index is 1.80. The molecule has 0 aliphatic rings. The van der Waals surface area contributed by atoms with Crippen LogP contribution in [0.3, 0.4) is 0 Å². The zero-order valence-corrected chi connectivity index (χ0v) is 12.1. The molecule has 0 aliphatic heterocycles. The van der Waals surface area contributed by atoms with Crippen LogP contribution in [0, 0.1) is 0 Å². The Hall–Kier alpha value is -2.53. The van der Waals surface area contributed by atoms with Crippen LogP contribution in [-0.2, 0) is 0 Å². The van der Waals surface area contributed by atoms with Gasteiger partial charge in [-0.15, -0.1) is 11.3 Å². The summed E-state index contributed by atoms with van der Waals surface area (Å²) < 4.78 is 0.981. The van der Waals surface area contributed by atoms with Crippen molar-refractivity contribution in [1.29, 1.82) is 0 Å². The number of benzene rings is 2. The topological polar surface area (TPSA) is 59.1 Å². The summed E-state index contributed by atoms with van der Waals surface area (Å²) in [6.07, 6.45) is 0. The van der Waals surface area contributed by atoms with Gasteiger partial charge in [-0.2, -0.15) is 0 Å². The summed E-state index contributed by atoms with van der Waals surface area (Å²) in [6, 6.07) is 12.3. The van der Waals surface area contributed by atoms with E-state index in [1.165, 1.54) is 18.3 Å². The molecule has 0 fully saturated rings. The molecule has 1 amide bonds. The summed E-state index contributed by atoms with van der Waals surface area (Å²) >= 11 is 1.50. The van der Waals surface area contributed by atoms with Crippen LogP contribution < -0.4 is 5.32 Å². The Morgan fingerprint density at radius 2 is 1.76 bits per heavy atom. The predicted molar refractivity (Wildman–Crippen MR) is 84.0 cm³/mol. The van der Waals surface area contributed by atoms with Crippen LogP contribution in [0.25, 0.3) is 10.2 Å². The zero-order valence-electron chi connectivity index (χ0n) is 11.3. The minimum atomic E-state index is -0.180. The molecule has 104 valence electrons. The van der Waals surface area contributed by atoms with Gasteiger partial charge in [-0.1, -0.05) is 0 Å². The number of fused-ring (bicyclic) bond motifs is 1. The van der Waals surface area contributed by atoms with E-state index in [1.807, 2.05) is 12.1 Å². The minimum absolute atomic E-state index is 0.00326. The highest BCUT2D eigenvalue weighted by Crippen LogP contribution is 2.20. The lowest BCUT2D eigenvalue weighted by molar-refractivity contribution is 0.101. The monoisotopic (exact) mass is 296 g/mol. The van der Waals surface area contributed by atoms with Crippen molar-refractivity contribution in [3.8, 4) is 0 Å². The molecule has 0 saturated heterocycles. The first-order valence-corrected chi connectivity index (χ1v) is 7.27. The Kier molecular flexibility index (Phi) is 3.50. The highest BCUT2D eigenvalue weighted by Gasteiger charge is 2.08. The van der Waals surface area contributed by atoms with E-state index in [4.69, 9.17) is 0 Å². The molecule has 0 saturated carbocycles. The lowest BCUT2D eigenvalue weighted by atomic mass is 10.1. The largest absolute Gasteiger partial charge is 0.322 e. The van der Waals surface area contributed by atoms with E-state index in [2.05, 4.69) is 10.3 Å². The van der Waals surface area contributed by atoms with Crippen LogP contribution in [0.15, 0.2) is 48.0 Å². The molecule has 1 heterocycles. The number of hydrogen-bond donors (Lipinski definition) is 1. The third kappa shape index (κ3) is 2.83. The van der Waals surface area contributed by atoms with Crippen molar-refractivity contribution in [2.75, 3.05) is 5.32 Å². The second-order valence-corrected chi connectivity index (χ2v) is 5.51. The molecule has 0 radical (unpaired) electrons. The molecule has 0 bridgehead atoms. The van der Waals surface area contributed by atoms with Crippen LogP contribution in [-0.4, -0.2) is 16.7 Å². The third-order valence-electron chi connectivity index (χ3n) is 3.14. The highest BCUT2D eigenvalue weighted by molar-refractivity contribution is 7.16. The number of ketones is 1. The number of carbonyl (C=O) groups is 2. The van der Waals surface area contributed by atoms with Crippen molar-refractivity contribution < 1.29 is 9.59 Å². The number of rotatable bonds is 3. The summed E-state index contributed by atoms with van der Waals surface area (Å²) in [5.74, 6) is -0.176. The molecule has 0 unspecified atom stereocenters. The fourth-order valence-corrected chi connectivity index (χ4v) is 2.70. The second-order valence-electron chi connectivity index (χ2n) is 4.62. The first-order valence-electron chi connectivity index (χ1n) is 6.39. The molecule has 4 nitrogen and oxygen atoms in total. The van der Waals surface area contributed by atoms with Gasteiger partial charge in [0.15, 0.2) is 5.78 Å². The van der Waals surface area contributed by atoms with Crippen molar-refractivity contribution in [3.05, 3.63) is 59.1 Å². The maximum atomic E-state index is 12.2. The van der Waals surface area contributed by atoms with E-state index in [-0.39, 0.29) is 11.7 Å². The molecule has 1 aromatic heterocycles. The number of anilines is 1. The van der Waals surface area contributed by atoms with Crippen LogP contribution in [0.5, 0.6) is 0 Å². The summed E-state index contributed by atoms with van der Waals surface area (Å²) in [5, 5.41) is 2.82. The van der Waals surface area contributed by atoms with Gasteiger partial charge in [-0.3, -0.25) is 9.59 Å². The Bertz CT molecular complexity index is 822. The third-order valence-corrected chi connectivity index (χ3v) is 3.93. The Morgan fingerprint density at radius 3 is 2.48 bits per heavy atom. The maximum Gasteiger partial charge on any atom is 0.255 e. The molecular weight excluding hydrogens is 284 g/mol. The fraction of sp³-hybridized carbons (Fsp3) is 0.0625. The van der Waals surface area contributed by atoms with Gasteiger partial charge >= 0.3 is 0 Å². The lowest BCUT2D eigenvalue weighted by Gasteiger charge is -2.06. The van der Waals surface area contributed by atoms with Gasteiger partial charge in [-0.25, -0.2) is 4.98 Å². The fourth-order valence-electron chi connectivity index (χ4n) is 1.99. The van der Waals surface area contributed by atoms with E-state index in [9.17, 15) is 9.59 Å². The van der Waals surface area contributed by atoms with Crippen molar-refractivity contribution in [1.82, 2.24) is 4.98 Å². The maximum absolute atomic E-state index is 12.2. The molecule has 0 aliphatic carbocycles. The zero-order chi connectivity index (χ0) is 14.8. The van der Waals surface area contributed by atoms with E-state index in [0.29, 0.717) is 16.8 Å². The molecule has 2 aromatic carbocycles. The molecule has 0 spiro atoms. The smallest absolute Gasteiger partial charge is 0.255 e. The van der Waals surface area contributed by atoms with E-state index >= 15 is 0 Å². The minimum Gasteiger partial charge on any atom is -0.322 e. The molecule has 21 heavy (non-hydrogen) atoms.